The predicted octanol–water partition coefficient (Wildman–Crippen LogP) is 3.61. The Morgan fingerprint density at radius 3 is 1.77 bits per heavy atom. The van der Waals surface area contributed by atoms with Gasteiger partial charge >= 0.3 is 0 Å². The van der Waals surface area contributed by atoms with E-state index in [0.717, 1.165) is 6.42 Å². The second-order valence-electron chi connectivity index (χ2n) is 4.21. The first-order chi connectivity index (χ1) is 6.17. The summed E-state index contributed by atoms with van der Waals surface area (Å²) in [6.07, 6.45) is 5.75. The summed E-state index contributed by atoms with van der Waals surface area (Å²) in [7, 11) is 0. The van der Waals surface area contributed by atoms with E-state index in [-0.39, 0.29) is 6.10 Å². The van der Waals surface area contributed by atoms with Gasteiger partial charge in [0.2, 0.25) is 0 Å². The highest BCUT2D eigenvalue weighted by atomic mass is 16.3. The van der Waals surface area contributed by atoms with Crippen molar-refractivity contribution in [2.45, 2.75) is 65.9 Å². The highest BCUT2D eigenvalue weighted by molar-refractivity contribution is 4.72. The van der Waals surface area contributed by atoms with Crippen molar-refractivity contribution in [2.24, 2.45) is 11.8 Å². The molecule has 80 valence electrons. The average Bonchev–Trinajstić information content (AvgIpc) is 2.15. The van der Waals surface area contributed by atoms with Gasteiger partial charge in [0, 0.05) is 0 Å². The molecule has 1 nitrogen and oxygen atoms in total. The second-order valence-corrected chi connectivity index (χ2v) is 4.21. The van der Waals surface area contributed by atoms with Gasteiger partial charge in [-0.2, -0.15) is 0 Å². The maximum Gasteiger partial charge on any atom is 0.0593 e. The topological polar surface area (TPSA) is 20.2 Å². The molecule has 1 N–H and O–H groups in total. The summed E-state index contributed by atoms with van der Waals surface area (Å²) in [5, 5.41) is 10.0. The summed E-state index contributed by atoms with van der Waals surface area (Å²) in [4.78, 5) is 0. The zero-order valence-corrected chi connectivity index (χ0v) is 9.71. The van der Waals surface area contributed by atoms with Crippen LogP contribution in [0.1, 0.15) is 59.8 Å². The van der Waals surface area contributed by atoms with Crippen molar-refractivity contribution in [3.8, 4) is 0 Å². The average molecular weight is 186 g/mol. The van der Waals surface area contributed by atoms with Gasteiger partial charge in [-0.25, -0.2) is 0 Å². The molecule has 0 aromatic carbocycles. The third kappa shape index (κ3) is 4.66. The number of aliphatic hydroxyl groups excluding tert-OH is 1. The smallest absolute Gasteiger partial charge is 0.0593 e. The minimum Gasteiger partial charge on any atom is -0.393 e. The Kier molecular flexibility index (Phi) is 7.35. The Labute approximate surface area is 83.5 Å². The molecule has 0 saturated heterocycles. The molecule has 2 atom stereocenters. The summed E-state index contributed by atoms with van der Waals surface area (Å²) in [6.45, 7) is 8.71. The van der Waals surface area contributed by atoms with E-state index < -0.39 is 0 Å². The van der Waals surface area contributed by atoms with Crippen LogP contribution < -0.4 is 0 Å². The fourth-order valence-electron chi connectivity index (χ4n) is 1.93. The molecule has 0 aliphatic carbocycles. The van der Waals surface area contributed by atoms with Gasteiger partial charge in [0.25, 0.3) is 0 Å². The highest BCUT2D eigenvalue weighted by Crippen LogP contribution is 2.24. The Morgan fingerprint density at radius 1 is 1.00 bits per heavy atom. The summed E-state index contributed by atoms with van der Waals surface area (Å²) in [5.74, 6) is 0.994. The highest BCUT2D eigenvalue weighted by Gasteiger charge is 2.21. The van der Waals surface area contributed by atoms with Gasteiger partial charge in [-0.1, -0.05) is 47.0 Å². The van der Waals surface area contributed by atoms with Crippen molar-refractivity contribution in [3.63, 3.8) is 0 Å². The third-order valence-electron chi connectivity index (χ3n) is 3.03. The third-order valence-corrected chi connectivity index (χ3v) is 3.03. The fourth-order valence-corrected chi connectivity index (χ4v) is 1.93. The number of rotatable bonds is 7. The second kappa shape index (κ2) is 7.37. The first-order valence-corrected chi connectivity index (χ1v) is 5.85. The van der Waals surface area contributed by atoms with E-state index >= 15 is 0 Å². The van der Waals surface area contributed by atoms with Crippen LogP contribution in [-0.4, -0.2) is 11.2 Å². The van der Waals surface area contributed by atoms with Crippen molar-refractivity contribution in [2.75, 3.05) is 0 Å². The van der Waals surface area contributed by atoms with E-state index in [0.29, 0.717) is 11.8 Å². The van der Waals surface area contributed by atoms with Gasteiger partial charge in [0.1, 0.15) is 0 Å². The Hall–Kier alpha value is -0.0400. The SMILES string of the molecule is CCCC(CCC)C(O)C(C)CC. The molecule has 0 radical (unpaired) electrons. The molecular weight excluding hydrogens is 160 g/mol. The molecule has 0 rings (SSSR count). The molecule has 0 saturated carbocycles. The molecule has 0 amide bonds. The Morgan fingerprint density at radius 2 is 1.46 bits per heavy atom. The van der Waals surface area contributed by atoms with Crippen molar-refractivity contribution in [1.82, 2.24) is 0 Å². The van der Waals surface area contributed by atoms with Crippen molar-refractivity contribution < 1.29 is 5.11 Å². The van der Waals surface area contributed by atoms with Crippen LogP contribution >= 0.6 is 0 Å². The maximum atomic E-state index is 10.0. The minimum atomic E-state index is -0.0788. The molecule has 0 aliphatic rings. The normalized spacial score (nSPS) is 16.2. The van der Waals surface area contributed by atoms with Crippen LogP contribution in [0.25, 0.3) is 0 Å². The first-order valence-electron chi connectivity index (χ1n) is 5.85. The van der Waals surface area contributed by atoms with Crippen LogP contribution in [0.4, 0.5) is 0 Å². The quantitative estimate of drug-likeness (QED) is 0.644. The molecule has 0 bridgehead atoms. The van der Waals surface area contributed by atoms with Gasteiger partial charge in [0.05, 0.1) is 6.10 Å². The monoisotopic (exact) mass is 186 g/mol. The first kappa shape index (κ1) is 13.0. The zero-order valence-electron chi connectivity index (χ0n) is 9.71. The summed E-state index contributed by atoms with van der Waals surface area (Å²) in [6, 6.07) is 0. The molecule has 0 spiro atoms. The molecule has 0 aromatic rings. The van der Waals surface area contributed by atoms with Crippen molar-refractivity contribution >= 4 is 0 Å². The van der Waals surface area contributed by atoms with Crippen LogP contribution in [-0.2, 0) is 0 Å². The number of hydrogen-bond acceptors (Lipinski definition) is 1. The molecule has 2 unspecified atom stereocenters. The Bertz CT molecular complexity index is 106. The van der Waals surface area contributed by atoms with E-state index in [2.05, 4.69) is 27.7 Å². The van der Waals surface area contributed by atoms with Crippen LogP contribution in [0.3, 0.4) is 0 Å². The van der Waals surface area contributed by atoms with Crippen LogP contribution in [0, 0.1) is 11.8 Å². The van der Waals surface area contributed by atoms with Crippen molar-refractivity contribution in [3.05, 3.63) is 0 Å². The lowest BCUT2D eigenvalue weighted by Gasteiger charge is -2.26. The molecule has 0 aromatic heterocycles. The number of hydrogen-bond donors (Lipinski definition) is 1. The largest absolute Gasteiger partial charge is 0.393 e. The van der Waals surface area contributed by atoms with Crippen molar-refractivity contribution in [1.29, 1.82) is 0 Å². The summed E-state index contributed by atoms with van der Waals surface area (Å²) < 4.78 is 0. The zero-order chi connectivity index (χ0) is 10.3. The van der Waals surface area contributed by atoms with E-state index in [1.807, 2.05) is 0 Å². The molecule has 0 aliphatic heterocycles. The predicted molar refractivity (Wildman–Crippen MR) is 58.8 cm³/mol. The number of aliphatic hydroxyl groups is 1. The maximum absolute atomic E-state index is 10.0. The van der Waals surface area contributed by atoms with Gasteiger partial charge in [-0.3, -0.25) is 0 Å². The summed E-state index contributed by atoms with van der Waals surface area (Å²) in [5.41, 5.74) is 0. The molecule has 0 heterocycles. The lowest BCUT2D eigenvalue weighted by Crippen LogP contribution is -2.27. The molecular formula is C12H26O. The van der Waals surface area contributed by atoms with Gasteiger partial charge < -0.3 is 5.11 Å². The summed E-state index contributed by atoms with van der Waals surface area (Å²) >= 11 is 0. The van der Waals surface area contributed by atoms with E-state index in [1.54, 1.807) is 0 Å². The minimum absolute atomic E-state index is 0.0788. The standard InChI is InChI=1S/C12H26O/c1-5-8-11(9-6-2)12(13)10(4)7-3/h10-13H,5-9H2,1-4H3. The van der Waals surface area contributed by atoms with Crippen LogP contribution in [0.2, 0.25) is 0 Å². The van der Waals surface area contributed by atoms with Gasteiger partial charge in [0.15, 0.2) is 0 Å². The van der Waals surface area contributed by atoms with E-state index in [1.165, 1.54) is 25.7 Å². The Balaban J connectivity index is 4.00. The lowest BCUT2D eigenvalue weighted by atomic mass is 9.85. The van der Waals surface area contributed by atoms with E-state index in [9.17, 15) is 5.11 Å². The molecule has 1 heteroatoms. The molecule has 0 fully saturated rings. The van der Waals surface area contributed by atoms with Gasteiger partial charge in [-0.05, 0) is 24.7 Å². The van der Waals surface area contributed by atoms with Crippen LogP contribution in [0.15, 0.2) is 0 Å². The van der Waals surface area contributed by atoms with E-state index in [4.69, 9.17) is 0 Å². The van der Waals surface area contributed by atoms with Crippen LogP contribution in [0.5, 0.6) is 0 Å². The lowest BCUT2D eigenvalue weighted by molar-refractivity contribution is 0.0469. The fraction of sp³-hybridized carbons (Fsp3) is 1.00. The van der Waals surface area contributed by atoms with Gasteiger partial charge in [-0.15, -0.1) is 0 Å². The molecule has 13 heavy (non-hydrogen) atoms.